The number of aryl methyl sites for hydroxylation is 2. The summed E-state index contributed by atoms with van der Waals surface area (Å²) in [6.07, 6.45) is 2.81. The van der Waals surface area contributed by atoms with E-state index in [9.17, 15) is 18.3 Å². The van der Waals surface area contributed by atoms with Gasteiger partial charge in [-0.2, -0.15) is 5.10 Å². The maximum Gasteiger partial charge on any atom is 0.339 e. The molecular formula is C13H15N3O5S. The first-order valence-corrected chi connectivity index (χ1v) is 7.85. The summed E-state index contributed by atoms with van der Waals surface area (Å²) in [5, 5.41) is 22.9. The first-order chi connectivity index (χ1) is 10.2. The number of nitrogens with zero attached hydrogens (tertiary/aromatic N) is 2. The normalized spacial score (nSPS) is 11.4. The minimum Gasteiger partial charge on any atom is -0.506 e. The van der Waals surface area contributed by atoms with Gasteiger partial charge < -0.3 is 10.2 Å². The lowest BCUT2D eigenvalue weighted by Crippen LogP contribution is -2.14. The lowest BCUT2D eigenvalue weighted by Gasteiger charge is -2.10. The summed E-state index contributed by atoms with van der Waals surface area (Å²) < 4.78 is 28.5. The quantitative estimate of drug-likeness (QED) is 0.764. The first kappa shape index (κ1) is 15.8. The van der Waals surface area contributed by atoms with Crippen LogP contribution in [-0.4, -0.2) is 34.4 Å². The van der Waals surface area contributed by atoms with Crippen molar-refractivity contribution in [2.24, 2.45) is 0 Å². The van der Waals surface area contributed by atoms with Crippen LogP contribution in [0.15, 0.2) is 29.4 Å². The molecule has 1 aromatic carbocycles. The van der Waals surface area contributed by atoms with Crippen LogP contribution in [0, 0.1) is 6.92 Å². The van der Waals surface area contributed by atoms with Gasteiger partial charge in [0.25, 0.3) is 10.0 Å². The predicted molar refractivity (Wildman–Crippen MR) is 78.5 cm³/mol. The highest BCUT2D eigenvalue weighted by Crippen LogP contribution is 2.30. The molecule has 0 saturated heterocycles. The molecule has 0 aliphatic carbocycles. The van der Waals surface area contributed by atoms with Crippen LogP contribution >= 0.6 is 0 Å². The van der Waals surface area contributed by atoms with E-state index in [2.05, 4.69) is 9.82 Å². The number of hydrogen-bond donors (Lipinski definition) is 3. The fourth-order valence-electron chi connectivity index (χ4n) is 1.91. The third-order valence-corrected chi connectivity index (χ3v) is 4.34. The molecular weight excluding hydrogens is 310 g/mol. The number of aromatic nitrogens is 2. The molecule has 22 heavy (non-hydrogen) atoms. The topological polar surface area (TPSA) is 122 Å². The van der Waals surface area contributed by atoms with Crippen LogP contribution in [0.5, 0.6) is 5.75 Å². The number of anilines is 1. The van der Waals surface area contributed by atoms with E-state index in [1.807, 2.05) is 6.92 Å². The number of rotatable bonds is 5. The number of benzene rings is 1. The van der Waals surface area contributed by atoms with Crippen molar-refractivity contribution in [3.63, 3.8) is 0 Å². The smallest absolute Gasteiger partial charge is 0.339 e. The average Bonchev–Trinajstić information content (AvgIpc) is 2.87. The van der Waals surface area contributed by atoms with Crippen LogP contribution in [0.25, 0.3) is 0 Å². The maximum atomic E-state index is 12.3. The third kappa shape index (κ3) is 3.03. The molecule has 0 bridgehead atoms. The molecule has 0 aliphatic rings. The zero-order valence-electron chi connectivity index (χ0n) is 11.9. The third-order valence-electron chi connectivity index (χ3n) is 2.95. The first-order valence-electron chi connectivity index (χ1n) is 6.36. The fraction of sp³-hybridized carbons (Fsp3) is 0.231. The Balaban J connectivity index is 2.47. The predicted octanol–water partition coefficient (Wildman–Crippen LogP) is 1.42. The van der Waals surface area contributed by atoms with Crippen molar-refractivity contribution < 1.29 is 23.4 Å². The number of nitrogens with one attached hydrogen (secondary N) is 1. The monoisotopic (exact) mass is 325 g/mol. The van der Waals surface area contributed by atoms with Crippen molar-refractivity contribution in [1.82, 2.24) is 9.78 Å². The number of phenols is 1. The van der Waals surface area contributed by atoms with Crippen molar-refractivity contribution >= 4 is 21.7 Å². The lowest BCUT2D eigenvalue weighted by molar-refractivity contribution is 0.0693. The van der Waals surface area contributed by atoms with Gasteiger partial charge in [0.1, 0.15) is 10.5 Å². The number of carboxylic acids is 1. The highest BCUT2D eigenvalue weighted by molar-refractivity contribution is 7.92. The van der Waals surface area contributed by atoms with E-state index in [0.29, 0.717) is 12.1 Å². The Bertz CT molecular complexity index is 826. The number of hydrogen-bond acceptors (Lipinski definition) is 5. The van der Waals surface area contributed by atoms with E-state index in [1.54, 1.807) is 6.92 Å². The van der Waals surface area contributed by atoms with Crippen LogP contribution in [0.3, 0.4) is 0 Å². The Labute approximate surface area is 127 Å². The summed E-state index contributed by atoms with van der Waals surface area (Å²) in [4.78, 5) is 10.6. The van der Waals surface area contributed by atoms with Gasteiger partial charge in [-0.15, -0.1) is 0 Å². The van der Waals surface area contributed by atoms with E-state index in [-0.39, 0.29) is 5.69 Å². The minimum atomic E-state index is -4.13. The standard InChI is InChI=1S/C13H15N3O5S/c1-3-16-7-9(6-14-16)15-22(20,21)11-5-8(2)4-10(12(11)17)13(18)19/h4-7,15,17H,3H2,1-2H3,(H,18,19). The molecule has 8 nitrogen and oxygen atoms in total. The number of carbonyl (C=O) groups is 1. The second kappa shape index (κ2) is 5.68. The van der Waals surface area contributed by atoms with Crippen molar-refractivity contribution in [3.8, 4) is 5.75 Å². The number of aromatic carboxylic acids is 1. The van der Waals surface area contributed by atoms with E-state index < -0.39 is 32.2 Å². The summed E-state index contributed by atoms with van der Waals surface area (Å²) in [5.74, 6) is -2.20. The molecule has 0 radical (unpaired) electrons. The second-order valence-corrected chi connectivity index (χ2v) is 6.31. The minimum absolute atomic E-state index is 0.222. The summed E-state index contributed by atoms with van der Waals surface area (Å²) in [5.41, 5.74) is 0.157. The van der Waals surface area contributed by atoms with E-state index >= 15 is 0 Å². The molecule has 1 heterocycles. The molecule has 3 N–H and O–H groups in total. The summed E-state index contributed by atoms with van der Waals surface area (Å²) in [7, 11) is -4.13. The van der Waals surface area contributed by atoms with Gasteiger partial charge in [0.2, 0.25) is 0 Å². The molecule has 0 atom stereocenters. The average molecular weight is 325 g/mol. The molecule has 0 spiro atoms. The Morgan fingerprint density at radius 1 is 1.41 bits per heavy atom. The van der Waals surface area contributed by atoms with Crippen molar-refractivity contribution in [2.75, 3.05) is 4.72 Å². The van der Waals surface area contributed by atoms with Crippen LogP contribution in [0.1, 0.15) is 22.8 Å². The second-order valence-electron chi connectivity index (χ2n) is 4.65. The van der Waals surface area contributed by atoms with E-state index in [0.717, 1.165) is 0 Å². The van der Waals surface area contributed by atoms with E-state index in [4.69, 9.17) is 5.11 Å². The number of carboxylic acid groups (broad SMARTS) is 1. The highest BCUT2D eigenvalue weighted by Gasteiger charge is 2.24. The van der Waals surface area contributed by atoms with Crippen LogP contribution in [0.4, 0.5) is 5.69 Å². The van der Waals surface area contributed by atoms with Gasteiger partial charge in [0, 0.05) is 12.7 Å². The molecule has 0 aliphatic heterocycles. The SMILES string of the molecule is CCn1cc(NS(=O)(=O)c2cc(C)cc(C(=O)O)c2O)cn1. The lowest BCUT2D eigenvalue weighted by atomic mass is 10.1. The molecule has 0 fully saturated rings. The number of sulfonamides is 1. The van der Waals surface area contributed by atoms with Gasteiger partial charge in [0.15, 0.2) is 5.75 Å². The van der Waals surface area contributed by atoms with Crippen LogP contribution < -0.4 is 4.72 Å². The van der Waals surface area contributed by atoms with Gasteiger partial charge in [-0.05, 0) is 31.5 Å². The Hall–Kier alpha value is -2.55. The zero-order chi connectivity index (χ0) is 16.5. The van der Waals surface area contributed by atoms with Gasteiger partial charge in [-0.3, -0.25) is 9.40 Å². The van der Waals surface area contributed by atoms with E-state index in [1.165, 1.54) is 29.2 Å². The largest absolute Gasteiger partial charge is 0.506 e. The van der Waals surface area contributed by atoms with Crippen LogP contribution in [0.2, 0.25) is 0 Å². The van der Waals surface area contributed by atoms with Crippen LogP contribution in [-0.2, 0) is 16.6 Å². The maximum absolute atomic E-state index is 12.3. The van der Waals surface area contributed by atoms with Crippen molar-refractivity contribution in [1.29, 1.82) is 0 Å². The van der Waals surface area contributed by atoms with Crippen molar-refractivity contribution in [2.45, 2.75) is 25.3 Å². The highest BCUT2D eigenvalue weighted by atomic mass is 32.2. The molecule has 2 rings (SSSR count). The summed E-state index contributed by atoms with van der Waals surface area (Å²) in [6, 6.07) is 2.40. The molecule has 118 valence electrons. The molecule has 0 unspecified atom stereocenters. The zero-order valence-corrected chi connectivity index (χ0v) is 12.8. The summed E-state index contributed by atoms with van der Waals surface area (Å²) >= 11 is 0. The van der Waals surface area contributed by atoms with Crippen molar-refractivity contribution in [3.05, 3.63) is 35.7 Å². The Morgan fingerprint density at radius 2 is 2.09 bits per heavy atom. The molecule has 0 amide bonds. The Kier molecular flexibility index (Phi) is 4.09. The Morgan fingerprint density at radius 3 is 2.64 bits per heavy atom. The molecule has 9 heteroatoms. The fourth-order valence-corrected chi connectivity index (χ4v) is 3.14. The number of aromatic hydroxyl groups is 1. The van der Waals surface area contributed by atoms with Gasteiger partial charge in [-0.25, -0.2) is 13.2 Å². The molecule has 2 aromatic rings. The van der Waals surface area contributed by atoms with Gasteiger partial charge in [-0.1, -0.05) is 0 Å². The molecule has 0 saturated carbocycles. The molecule has 1 aromatic heterocycles. The van der Waals surface area contributed by atoms with Gasteiger partial charge >= 0.3 is 5.97 Å². The van der Waals surface area contributed by atoms with Gasteiger partial charge in [0.05, 0.1) is 11.9 Å². The summed E-state index contributed by atoms with van der Waals surface area (Å²) in [6.45, 7) is 3.96.